The first-order valence-corrected chi connectivity index (χ1v) is 29.6. The van der Waals surface area contributed by atoms with Crippen LogP contribution in [0.5, 0.6) is 0 Å². The van der Waals surface area contributed by atoms with E-state index in [-0.39, 0.29) is 56.3 Å². The first-order chi connectivity index (χ1) is 37.6. The number of unbranched alkanes of at least 4 members (excludes halogenated alkanes) is 1. The SMILES string of the molecule is CCC(=O)O.CCCCC1C(=O)OC(C(C)C(O)CCCNC(=N)N)C(C)/C=C(\C)CCCCC(O)CC(O)CC(O)CC(O)CC(O)C(O[C@H]2O[C@H](CO)[C@@H](O)[C@@H]2O)/C=C(\C)C(O)CCCC(O)CCCC(O)CCC(C)C1O. The molecule has 1 saturated heterocycles. The third-order valence-corrected chi connectivity index (χ3v) is 15.6. The lowest BCUT2D eigenvalue weighted by Gasteiger charge is -2.34. The minimum atomic E-state index is -1.59. The van der Waals surface area contributed by atoms with E-state index >= 15 is 0 Å². The maximum absolute atomic E-state index is 14.2. The summed E-state index contributed by atoms with van der Waals surface area (Å²) in [6, 6.07) is 0. The van der Waals surface area contributed by atoms with Crippen LogP contribution in [0.25, 0.3) is 0 Å². The monoisotopic (exact) mass is 1150 g/mol. The van der Waals surface area contributed by atoms with Crippen molar-refractivity contribution in [2.45, 2.75) is 288 Å². The number of allylic oxidation sites excluding steroid dienone is 1. The zero-order chi connectivity index (χ0) is 60.6. The summed E-state index contributed by atoms with van der Waals surface area (Å²) >= 11 is 0. The van der Waals surface area contributed by atoms with Crippen LogP contribution in [0.2, 0.25) is 0 Å². The lowest BCUT2D eigenvalue weighted by atomic mass is 9.84. The number of aliphatic hydroxyl groups is 13. The standard InChI is InChI=1S/C55H103N3O17.C3H6O2/c1-7-8-19-43-49(69)33(3)22-23-38(61)17-11-16-37(60)18-12-20-44(66)34(4)26-47(73-54-51(71)50(70)48(31-59)74-54)46(68)30-42(65)29-41(64)28-40(63)27-39(62)15-10-9-14-32(2)25-35(5)52(75-53(43)72)36(6)45(67)21-13-24-58-55(56)57;1-2-3(4)5/h25-26,33,35-52,54,59-71H,7-24,27-31H2,1-6H3,(H4,56,57,58);2H2,1H3,(H,4,5)/b32-25+,34-26+;/t33?,35?,36?,37?,38?,39?,40?,41?,42?,43?,44?,45?,46?,47?,48-,49?,50-,51+,52?,54+;/m1./s1. The highest BCUT2D eigenvalue weighted by molar-refractivity contribution is 5.74. The van der Waals surface area contributed by atoms with Crippen LogP contribution >= 0.6 is 0 Å². The number of aliphatic hydroxyl groups excluding tert-OH is 13. The maximum atomic E-state index is 14.2. The third-order valence-electron chi connectivity index (χ3n) is 15.6. The summed E-state index contributed by atoms with van der Waals surface area (Å²) in [4.78, 5) is 23.6. The highest BCUT2D eigenvalue weighted by Gasteiger charge is 2.45. The molecule has 80 heavy (non-hydrogen) atoms. The molecule has 0 bridgehead atoms. The van der Waals surface area contributed by atoms with E-state index in [9.17, 15) is 76.0 Å². The van der Waals surface area contributed by atoms with E-state index in [4.69, 9.17) is 30.5 Å². The first kappa shape index (κ1) is 75.1. The second-order valence-corrected chi connectivity index (χ2v) is 23.0. The normalized spacial score (nSPS) is 36.8. The van der Waals surface area contributed by atoms with E-state index in [2.05, 4.69) is 5.32 Å². The summed E-state index contributed by atoms with van der Waals surface area (Å²) in [5.41, 5.74) is 6.80. The number of guanidine groups is 1. The summed E-state index contributed by atoms with van der Waals surface area (Å²) in [5.74, 6) is -3.52. The van der Waals surface area contributed by atoms with Crippen molar-refractivity contribution in [1.82, 2.24) is 5.32 Å². The van der Waals surface area contributed by atoms with Crippen molar-refractivity contribution in [2.75, 3.05) is 13.2 Å². The van der Waals surface area contributed by atoms with Gasteiger partial charge >= 0.3 is 11.9 Å². The predicted molar refractivity (Wildman–Crippen MR) is 302 cm³/mol. The molecule has 1 fully saturated rings. The zero-order valence-corrected chi connectivity index (χ0v) is 49.1. The van der Waals surface area contributed by atoms with Gasteiger partial charge in [-0.1, -0.05) is 71.6 Å². The molecule has 0 aromatic rings. The van der Waals surface area contributed by atoms with Gasteiger partial charge in [0.05, 0.1) is 73.6 Å². The molecule has 2 heterocycles. The Morgan fingerprint density at radius 3 is 1.89 bits per heavy atom. The van der Waals surface area contributed by atoms with Gasteiger partial charge in [-0.2, -0.15) is 0 Å². The number of carbonyl (C=O) groups is 2. The number of nitrogens with two attached hydrogens (primary N) is 1. The number of carboxylic acids is 1. The number of nitrogens with one attached hydrogen (secondary N) is 2. The maximum Gasteiger partial charge on any atom is 0.311 e. The van der Waals surface area contributed by atoms with Crippen LogP contribution in [0.3, 0.4) is 0 Å². The highest BCUT2D eigenvalue weighted by atomic mass is 16.7. The van der Waals surface area contributed by atoms with E-state index < -0.39 is 128 Å². The minimum absolute atomic E-state index is 0.0277. The van der Waals surface area contributed by atoms with Gasteiger partial charge in [0.1, 0.15) is 30.5 Å². The number of hydrogen-bond donors (Lipinski definition) is 17. The fourth-order valence-corrected chi connectivity index (χ4v) is 10.4. The van der Waals surface area contributed by atoms with Crippen molar-refractivity contribution in [2.24, 2.45) is 29.4 Å². The highest BCUT2D eigenvalue weighted by Crippen LogP contribution is 2.32. The molecule has 0 aromatic heterocycles. The van der Waals surface area contributed by atoms with E-state index in [0.717, 1.165) is 12.0 Å². The molecule has 0 spiro atoms. The molecule has 0 aliphatic carbocycles. The van der Waals surface area contributed by atoms with Gasteiger partial charge < -0.3 is 96.8 Å². The number of hydrogen-bond acceptors (Lipinski definition) is 19. The molecule has 0 aromatic carbocycles. The Labute approximate surface area is 476 Å². The predicted octanol–water partition coefficient (Wildman–Crippen LogP) is 2.94. The number of esters is 1. The Hall–Kier alpha value is -2.91. The summed E-state index contributed by atoms with van der Waals surface area (Å²) in [6.45, 7) is 12.5. The first-order valence-electron chi connectivity index (χ1n) is 29.6. The topological polar surface area (TPSA) is 407 Å². The molecule has 470 valence electrons. The van der Waals surface area contributed by atoms with Gasteiger partial charge in [-0.25, -0.2) is 0 Å². The van der Waals surface area contributed by atoms with Crippen molar-refractivity contribution in [1.29, 1.82) is 5.41 Å². The van der Waals surface area contributed by atoms with Crippen LogP contribution in [0, 0.1) is 29.1 Å². The fraction of sp³-hybridized carbons (Fsp3) is 0.879. The molecule has 0 radical (unpaired) electrons. The van der Waals surface area contributed by atoms with E-state index in [1.807, 2.05) is 40.7 Å². The molecule has 2 aliphatic heterocycles. The third kappa shape index (κ3) is 30.6. The summed E-state index contributed by atoms with van der Waals surface area (Å²) in [6.07, 6.45) is -7.22. The van der Waals surface area contributed by atoms with E-state index in [1.165, 1.54) is 6.08 Å². The summed E-state index contributed by atoms with van der Waals surface area (Å²) < 4.78 is 17.7. The van der Waals surface area contributed by atoms with Crippen LogP contribution < -0.4 is 11.1 Å². The second-order valence-electron chi connectivity index (χ2n) is 23.0. The van der Waals surface area contributed by atoms with Gasteiger partial charge in [0, 0.05) is 31.2 Å². The Bertz CT molecular complexity index is 1750. The van der Waals surface area contributed by atoms with Crippen molar-refractivity contribution in [3.05, 3.63) is 23.3 Å². The number of ether oxygens (including phenoxy) is 3. The molecule has 18 N–H and O–H groups in total. The molecule has 22 nitrogen and oxygen atoms in total. The van der Waals surface area contributed by atoms with Gasteiger partial charge in [0.2, 0.25) is 0 Å². The number of aliphatic carboxylic acids is 1. The molecule has 2 rings (SSSR count). The largest absolute Gasteiger partial charge is 0.481 e. The Balaban J connectivity index is 0.00000610. The molecule has 2 aliphatic rings. The minimum Gasteiger partial charge on any atom is -0.481 e. The number of carbonyl (C=O) groups excluding carboxylic acids is 1. The summed E-state index contributed by atoms with van der Waals surface area (Å²) in [7, 11) is 0. The number of carboxylic acid groups (broad SMARTS) is 1. The van der Waals surface area contributed by atoms with E-state index in [1.54, 1.807) is 13.8 Å². The average molecular weight is 1150 g/mol. The van der Waals surface area contributed by atoms with Gasteiger partial charge in [-0.15, -0.1) is 0 Å². The molecule has 0 amide bonds. The Morgan fingerprint density at radius 2 is 1.32 bits per heavy atom. The molecule has 0 saturated carbocycles. The van der Waals surface area contributed by atoms with Crippen molar-refractivity contribution in [3.8, 4) is 0 Å². The molecular formula is C58H109N3O19. The Kier molecular flexibility index (Phi) is 38.6. The van der Waals surface area contributed by atoms with E-state index in [0.29, 0.717) is 108 Å². The van der Waals surface area contributed by atoms with Crippen LogP contribution in [-0.2, 0) is 23.8 Å². The van der Waals surface area contributed by atoms with Crippen molar-refractivity contribution >= 4 is 17.9 Å². The van der Waals surface area contributed by atoms with Crippen molar-refractivity contribution < 1.29 is 95.3 Å². The van der Waals surface area contributed by atoms with Crippen LogP contribution in [-0.4, -0.2) is 200 Å². The molecule has 20 atom stereocenters. The second kappa shape index (κ2) is 41.2. The summed E-state index contributed by atoms with van der Waals surface area (Å²) in [5, 5.41) is 159. The quantitative estimate of drug-likeness (QED) is 0.0414. The molecule has 22 heteroatoms. The lowest BCUT2D eigenvalue weighted by molar-refractivity contribution is -0.202. The lowest BCUT2D eigenvalue weighted by Crippen LogP contribution is -2.42. The van der Waals surface area contributed by atoms with Crippen LogP contribution in [0.1, 0.15) is 190 Å². The number of cyclic esters (lactones) is 1. The zero-order valence-electron chi connectivity index (χ0n) is 49.1. The Morgan fingerprint density at radius 1 is 0.762 bits per heavy atom. The number of rotatable bonds is 13. The van der Waals surface area contributed by atoms with Crippen LogP contribution in [0.15, 0.2) is 23.3 Å². The smallest absolute Gasteiger partial charge is 0.311 e. The molecular weight excluding hydrogens is 1040 g/mol. The van der Waals surface area contributed by atoms with Gasteiger partial charge in [0.15, 0.2) is 12.2 Å². The van der Waals surface area contributed by atoms with Crippen molar-refractivity contribution in [3.63, 3.8) is 0 Å². The van der Waals surface area contributed by atoms with Gasteiger partial charge in [-0.05, 0) is 134 Å². The van der Waals surface area contributed by atoms with Crippen LogP contribution in [0.4, 0.5) is 0 Å². The molecule has 16 unspecified atom stereocenters. The van der Waals surface area contributed by atoms with Gasteiger partial charge in [0.25, 0.3) is 0 Å². The fourth-order valence-electron chi connectivity index (χ4n) is 10.4. The van der Waals surface area contributed by atoms with Gasteiger partial charge in [-0.3, -0.25) is 15.0 Å². The average Bonchev–Trinajstić information content (AvgIpc) is 3.67.